The number of aryl methyl sites for hydroxylation is 1. The Morgan fingerprint density at radius 3 is 2.52 bits per heavy atom. The van der Waals surface area contributed by atoms with Crippen LogP contribution in [-0.2, 0) is 4.79 Å². The number of rotatable bonds is 4. The normalized spacial score (nSPS) is 23.9. The lowest BCUT2D eigenvalue weighted by Crippen LogP contribution is -2.43. The van der Waals surface area contributed by atoms with Crippen LogP contribution in [0.15, 0.2) is 24.3 Å². The molecule has 1 saturated carbocycles. The molecule has 1 amide bonds. The predicted octanol–water partition coefficient (Wildman–Crippen LogP) is 3.33. The van der Waals surface area contributed by atoms with E-state index in [9.17, 15) is 4.79 Å². The average molecular weight is 288 g/mol. The molecule has 0 aromatic heterocycles. The van der Waals surface area contributed by atoms with Crippen molar-refractivity contribution < 1.29 is 4.79 Å². The summed E-state index contributed by atoms with van der Waals surface area (Å²) in [5, 5.41) is 3.15. The molecule has 3 N–H and O–H groups in total. The van der Waals surface area contributed by atoms with Crippen LogP contribution in [0.5, 0.6) is 0 Å². The minimum atomic E-state index is -0.565. The Morgan fingerprint density at radius 2 is 1.90 bits per heavy atom. The van der Waals surface area contributed by atoms with E-state index in [1.54, 1.807) is 0 Å². The zero-order valence-corrected chi connectivity index (χ0v) is 13.4. The summed E-state index contributed by atoms with van der Waals surface area (Å²) in [5.41, 5.74) is 8.15. The number of hydrogen-bond acceptors (Lipinski definition) is 2. The second-order valence-corrected chi connectivity index (χ2v) is 6.76. The molecule has 0 radical (unpaired) electrons. The van der Waals surface area contributed by atoms with E-state index in [2.05, 4.69) is 19.2 Å². The van der Waals surface area contributed by atoms with Crippen LogP contribution < -0.4 is 11.1 Å². The third-order valence-corrected chi connectivity index (χ3v) is 4.72. The fourth-order valence-electron chi connectivity index (χ4n) is 3.18. The maximum Gasteiger partial charge on any atom is 0.241 e. The van der Waals surface area contributed by atoms with Gasteiger partial charge in [0.2, 0.25) is 5.91 Å². The lowest BCUT2D eigenvalue weighted by Gasteiger charge is -2.32. The van der Waals surface area contributed by atoms with Crippen molar-refractivity contribution in [2.24, 2.45) is 17.6 Å². The summed E-state index contributed by atoms with van der Waals surface area (Å²) in [4.78, 5) is 12.3. The van der Waals surface area contributed by atoms with Crippen molar-refractivity contribution in [3.63, 3.8) is 0 Å². The van der Waals surface area contributed by atoms with Gasteiger partial charge in [-0.15, -0.1) is 0 Å². The molecule has 21 heavy (non-hydrogen) atoms. The maximum absolute atomic E-state index is 12.3. The monoisotopic (exact) mass is 288 g/mol. The smallest absolute Gasteiger partial charge is 0.241 e. The molecule has 0 saturated heterocycles. The number of hydrogen-bond donors (Lipinski definition) is 2. The highest BCUT2D eigenvalue weighted by molar-refractivity contribution is 5.83. The first kappa shape index (κ1) is 16.0. The molecule has 3 atom stereocenters. The van der Waals surface area contributed by atoms with Gasteiger partial charge in [0.15, 0.2) is 0 Å². The molecule has 0 bridgehead atoms. The standard InChI is InChI=1S/C18H28N2O/c1-12(2)15-5-4-6-16(11-15)20-18(21)17(19)14-9-7-13(3)8-10-14/h7-10,12,15-17H,4-6,11,19H2,1-3H3,(H,20,21). The fraction of sp³-hybridized carbons (Fsp3) is 0.611. The van der Waals surface area contributed by atoms with E-state index in [0.717, 1.165) is 24.3 Å². The van der Waals surface area contributed by atoms with Gasteiger partial charge in [-0.25, -0.2) is 0 Å². The molecule has 3 nitrogen and oxygen atoms in total. The van der Waals surface area contributed by atoms with Gasteiger partial charge in [-0.2, -0.15) is 0 Å². The maximum atomic E-state index is 12.3. The van der Waals surface area contributed by atoms with Crippen LogP contribution in [0.3, 0.4) is 0 Å². The van der Waals surface area contributed by atoms with E-state index in [0.29, 0.717) is 5.92 Å². The number of nitrogens with two attached hydrogens (primary N) is 1. The number of amides is 1. The van der Waals surface area contributed by atoms with E-state index in [-0.39, 0.29) is 11.9 Å². The van der Waals surface area contributed by atoms with Gasteiger partial charge < -0.3 is 11.1 Å². The van der Waals surface area contributed by atoms with Crippen LogP contribution in [0.25, 0.3) is 0 Å². The minimum absolute atomic E-state index is 0.0479. The van der Waals surface area contributed by atoms with Crippen molar-refractivity contribution >= 4 is 5.91 Å². The largest absolute Gasteiger partial charge is 0.352 e. The van der Waals surface area contributed by atoms with Gasteiger partial charge in [-0.3, -0.25) is 4.79 Å². The van der Waals surface area contributed by atoms with Crippen LogP contribution in [0.4, 0.5) is 0 Å². The van der Waals surface area contributed by atoms with Gasteiger partial charge in [-0.05, 0) is 37.2 Å². The molecule has 0 heterocycles. The average Bonchev–Trinajstić information content (AvgIpc) is 2.47. The first-order valence-electron chi connectivity index (χ1n) is 8.10. The first-order valence-corrected chi connectivity index (χ1v) is 8.10. The zero-order chi connectivity index (χ0) is 15.4. The minimum Gasteiger partial charge on any atom is -0.352 e. The summed E-state index contributed by atoms with van der Waals surface area (Å²) in [6.45, 7) is 6.57. The molecule has 2 rings (SSSR count). The van der Waals surface area contributed by atoms with Crippen LogP contribution in [0.2, 0.25) is 0 Å². The number of benzene rings is 1. The Bertz CT molecular complexity index is 467. The van der Waals surface area contributed by atoms with Crippen LogP contribution >= 0.6 is 0 Å². The van der Waals surface area contributed by atoms with Gasteiger partial charge >= 0.3 is 0 Å². The molecule has 1 aliphatic carbocycles. The lowest BCUT2D eigenvalue weighted by molar-refractivity contribution is -0.123. The van der Waals surface area contributed by atoms with E-state index < -0.39 is 6.04 Å². The SMILES string of the molecule is Cc1ccc(C(N)C(=O)NC2CCCC(C(C)C)C2)cc1. The van der Waals surface area contributed by atoms with Crippen molar-refractivity contribution in [1.29, 1.82) is 0 Å². The summed E-state index contributed by atoms with van der Waals surface area (Å²) >= 11 is 0. The molecular formula is C18H28N2O. The van der Waals surface area contributed by atoms with Crippen molar-refractivity contribution in [3.05, 3.63) is 35.4 Å². The zero-order valence-electron chi connectivity index (χ0n) is 13.4. The molecule has 116 valence electrons. The summed E-state index contributed by atoms with van der Waals surface area (Å²) in [7, 11) is 0. The molecule has 3 heteroatoms. The predicted molar refractivity (Wildman–Crippen MR) is 86.8 cm³/mol. The Balaban J connectivity index is 1.92. The van der Waals surface area contributed by atoms with Gasteiger partial charge in [-0.1, -0.05) is 56.5 Å². The van der Waals surface area contributed by atoms with Gasteiger partial charge in [0.1, 0.15) is 6.04 Å². The second kappa shape index (κ2) is 7.08. The van der Waals surface area contributed by atoms with E-state index >= 15 is 0 Å². The van der Waals surface area contributed by atoms with Crippen molar-refractivity contribution in [2.45, 2.75) is 58.5 Å². The Labute approximate surface area is 128 Å². The highest BCUT2D eigenvalue weighted by Gasteiger charge is 2.26. The van der Waals surface area contributed by atoms with Crippen LogP contribution in [0, 0.1) is 18.8 Å². The summed E-state index contributed by atoms with van der Waals surface area (Å²) in [6.07, 6.45) is 4.65. The molecular weight excluding hydrogens is 260 g/mol. The third kappa shape index (κ3) is 4.31. The van der Waals surface area contributed by atoms with Crippen molar-refractivity contribution in [2.75, 3.05) is 0 Å². The summed E-state index contributed by atoms with van der Waals surface area (Å²) in [6, 6.07) is 7.60. The van der Waals surface area contributed by atoms with Gasteiger partial charge in [0.25, 0.3) is 0 Å². The Hall–Kier alpha value is -1.35. The number of nitrogens with one attached hydrogen (secondary N) is 1. The quantitative estimate of drug-likeness (QED) is 0.893. The number of carbonyl (C=O) groups is 1. The lowest BCUT2D eigenvalue weighted by atomic mass is 9.79. The summed E-state index contributed by atoms with van der Waals surface area (Å²) in [5.74, 6) is 1.36. The number of carbonyl (C=O) groups excluding carboxylic acids is 1. The van der Waals surface area contributed by atoms with Crippen LogP contribution in [-0.4, -0.2) is 11.9 Å². The molecule has 0 aliphatic heterocycles. The Morgan fingerprint density at radius 1 is 1.24 bits per heavy atom. The molecule has 0 spiro atoms. The van der Waals surface area contributed by atoms with E-state index in [4.69, 9.17) is 5.73 Å². The van der Waals surface area contributed by atoms with Gasteiger partial charge in [0.05, 0.1) is 0 Å². The molecule has 1 aromatic carbocycles. The Kier molecular flexibility index (Phi) is 5.40. The molecule has 1 aliphatic rings. The summed E-state index contributed by atoms with van der Waals surface area (Å²) < 4.78 is 0. The fourth-order valence-corrected chi connectivity index (χ4v) is 3.18. The third-order valence-electron chi connectivity index (χ3n) is 4.72. The van der Waals surface area contributed by atoms with E-state index in [1.807, 2.05) is 31.2 Å². The molecule has 1 fully saturated rings. The van der Waals surface area contributed by atoms with E-state index in [1.165, 1.54) is 18.4 Å². The topological polar surface area (TPSA) is 55.1 Å². The van der Waals surface area contributed by atoms with Crippen molar-refractivity contribution in [1.82, 2.24) is 5.32 Å². The molecule has 1 aromatic rings. The second-order valence-electron chi connectivity index (χ2n) is 6.76. The van der Waals surface area contributed by atoms with Crippen LogP contribution in [0.1, 0.15) is 56.7 Å². The highest BCUT2D eigenvalue weighted by Crippen LogP contribution is 2.30. The highest BCUT2D eigenvalue weighted by atomic mass is 16.2. The molecule has 3 unspecified atom stereocenters. The first-order chi connectivity index (χ1) is 9.97. The van der Waals surface area contributed by atoms with Crippen molar-refractivity contribution in [3.8, 4) is 0 Å². The van der Waals surface area contributed by atoms with Gasteiger partial charge in [0, 0.05) is 6.04 Å².